The van der Waals surface area contributed by atoms with Crippen LogP contribution in [0.3, 0.4) is 0 Å². The van der Waals surface area contributed by atoms with E-state index >= 15 is 0 Å². The minimum absolute atomic E-state index is 0. The van der Waals surface area contributed by atoms with Crippen molar-refractivity contribution in [3.05, 3.63) is 48.6 Å². The molecule has 3 nitrogen and oxygen atoms in total. The molecular formula is C18H26ClNO2. The van der Waals surface area contributed by atoms with Crippen LogP contribution in [0.25, 0.3) is 0 Å². The number of benzene rings is 1. The highest BCUT2D eigenvalue weighted by Crippen LogP contribution is 2.35. The summed E-state index contributed by atoms with van der Waals surface area (Å²) in [5.41, 5.74) is 1.24. The van der Waals surface area contributed by atoms with Crippen molar-refractivity contribution in [3.8, 4) is 0 Å². The van der Waals surface area contributed by atoms with Gasteiger partial charge < -0.3 is 4.74 Å². The number of carbonyl (C=O) groups is 1. The second-order valence-electron chi connectivity index (χ2n) is 5.59. The second kappa shape index (κ2) is 8.96. The molecule has 1 heterocycles. The Labute approximate surface area is 139 Å². The molecule has 1 aromatic rings. The standard InChI is InChI=1S/C18H25NO2.ClH/c1-4-9-16-12-13-19(17(16)18(20)21-5-2)14(3)15-10-7-6-8-11-15;/h4,6-8,10-11,14,16-17H,1,5,9,12-13H2,2-3H3;1H. The van der Waals surface area contributed by atoms with Gasteiger partial charge in [-0.1, -0.05) is 36.4 Å². The minimum Gasteiger partial charge on any atom is -0.465 e. The van der Waals surface area contributed by atoms with Crippen molar-refractivity contribution < 1.29 is 9.53 Å². The average Bonchev–Trinajstić information content (AvgIpc) is 2.92. The fourth-order valence-corrected chi connectivity index (χ4v) is 3.26. The van der Waals surface area contributed by atoms with Gasteiger partial charge in [-0.25, -0.2) is 0 Å². The highest BCUT2D eigenvalue weighted by molar-refractivity contribution is 5.85. The van der Waals surface area contributed by atoms with E-state index in [2.05, 4.69) is 30.5 Å². The number of hydrogen-bond donors (Lipinski definition) is 0. The Bertz CT molecular complexity index is 477. The van der Waals surface area contributed by atoms with Crippen molar-refractivity contribution in [1.82, 2.24) is 4.90 Å². The van der Waals surface area contributed by atoms with Gasteiger partial charge in [-0.05, 0) is 44.7 Å². The van der Waals surface area contributed by atoms with E-state index in [1.165, 1.54) is 5.56 Å². The molecule has 4 heteroatoms. The molecule has 22 heavy (non-hydrogen) atoms. The fraction of sp³-hybridized carbons (Fsp3) is 0.500. The van der Waals surface area contributed by atoms with E-state index in [4.69, 9.17) is 4.74 Å². The number of halogens is 1. The zero-order valence-corrected chi connectivity index (χ0v) is 14.2. The molecule has 1 saturated heterocycles. The van der Waals surface area contributed by atoms with Crippen LogP contribution in [0.5, 0.6) is 0 Å². The SMILES string of the molecule is C=CCC1CCN(C(C)c2ccccc2)C1C(=O)OCC.Cl. The number of nitrogens with zero attached hydrogens (tertiary/aromatic N) is 1. The lowest BCUT2D eigenvalue weighted by molar-refractivity contribution is -0.150. The van der Waals surface area contributed by atoms with E-state index < -0.39 is 0 Å². The number of rotatable bonds is 6. The first-order valence-corrected chi connectivity index (χ1v) is 7.77. The fourth-order valence-electron chi connectivity index (χ4n) is 3.26. The second-order valence-corrected chi connectivity index (χ2v) is 5.59. The Hall–Kier alpha value is -1.32. The molecule has 0 spiro atoms. The Kier molecular flexibility index (Phi) is 7.63. The maximum atomic E-state index is 12.4. The predicted octanol–water partition coefficient (Wildman–Crippen LogP) is 4.00. The zero-order valence-electron chi connectivity index (χ0n) is 13.4. The topological polar surface area (TPSA) is 29.5 Å². The van der Waals surface area contributed by atoms with E-state index in [0.717, 1.165) is 19.4 Å². The summed E-state index contributed by atoms with van der Waals surface area (Å²) in [7, 11) is 0. The molecule has 0 radical (unpaired) electrons. The van der Waals surface area contributed by atoms with E-state index in [9.17, 15) is 4.79 Å². The summed E-state index contributed by atoms with van der Waals surface area (Å²) < 4.78 is 5.30. The van der Waals surface area contributed by atoms with Gasteiger partial charge in [0.2, 0.25) is 0 Å². The third kappa shape index (κ3) is 4.11. The summed E-state index contributed by atoms with van der Waals surface area (Å²) in [6.07, 6.45) is 3.79. The van der Waals surface area contributed by atoms with Gasteiger partial charge in [0.05, 0.1) is 6.61 Å². The van der Waals surface area contributed by atoms with Crippen molar-refractivity contribution in [2.45, 2.75) is 38.8 Å². The molecule has 0 N–H and O–H groups in total. The van der Waals surface area contributed by atoms with Gasteiger partial charge in [0.25, 0.3) is 0 Å². The van der Waals surface area contributed by atoms with Crippen molar-refractivity contribution in [2.24, 2.45) is 5.92 Å². The molecule has 0 aromatic heterocycles. The highest BCUT2D eigenvalue weighted by Gasteiger charge is 2.41. The van der Waals surface area contributed by atoms with Crippen molar-refractivity contribution in [2.75, 3.05) is 13.2 Å². The summed E-state index contributed by atoms with van der Waals surface area (Å²) in [5, 5.41) is 0. The number of carbonyl (C=O) groups excluding carboxylic acids is 1. The molecule has 0 bridgehead atoms. The first-order chi connectivity index (χ1) is 10.2. The minimum atomic E-state index is -0.154. The normalized spacial score (nSPS) is 22.6. The van der Waals surface area contributed by atoms with Crippen LogP contribution in [-0.2, 0) is 9.53 Å². The number of esters is 1. The number of allylic oxidation sites excluding steroid dienone is 1. The van der Waals surface area contributed by atoms with Gasteiger partial charge in [0.15, 0.2) is 0 Å². The lowest BCUT2D eigenvalue weighted by atomic mass is 9.95. The molecule has 122 valence electrons. The summed E-state index contributed by atoms with van der Waals surface area (Å²) in [6.45, 7) is 9.21. The summed E-state index contributed by atoms with van der Waals surface area (Å²) >= 11 is 0. The average molecular weight is 324 g/mol. The Morgan fingerprint density at radius 3 is 2.73 bits per heavy atom. The van der Waals surface area contributed by atoms with E-state index in [0.29, 0.717) is 12.5 Å². The van der Waals surface area contributed by atoms with Crippen LogP contribution in [0.4, 0.5) is 0 Å². The molecule has 0 aliphatic carbocycles. The monoisotopic (exact) mass is 323 g/mol. The van der Waals surface area contributed by atoms with Gasteiger partial charge in [0.1, 0.15) is 6.04 Å². The van der Waals surface area contributed by atoms with Gasteiger partial charge in [0, 0.05) is 6.04 Å². The van der Waals surface area contributed by atoms with Gasteiger partial charge in [-0.15, -0.1) is 19.0 Å². The van der Waals surface area contributed by atoms with Crippen LogP contribution < -0.4 is 0 Å². The van der Waals surface area contributed by atoms with E-state index in [1.807, 2.05) is 31.2 Å². The molecule has 1 aromatic carbocycles. The molecule has 1 aliphatic heterocycles. The summed E-state index contributed by atoms with van der Waals surface area (Å²) in [6, 6.07) is 10.4. The van der Waals surface area contributed by atoms with Crippen LogP contribution in [0.15, 0.2) is 43.0 Å². The Morgan fingerprint density at radius 2 is 2.14 bits per heavy atom. The molecule has 1 fully saturated rings. The summed E-state index contributed by atoms with van der Waals surface area (Å²) in [5.74, 6) is 0.220. The molecule has 3 atom stereocenters. The van der Waals surface area contributed by atoms with E-state index in [1.54, 1.807) is 0 Å². The van der Waals surface area contributed by atoms with Crippen molar-refractivity contribution in [1.29, 1.82) is 0 Å². The quantitative estimate of drug-likeness (QED) is 0.585. The van der Waals surface area contributed by atoms with Crippen molar-refractivity contribution in [3.63, 3.8) is 0 Å². The smallest absolute Gasteiger partial charge is 0.323 e. The largest absolute Gasteiger partial charge is 0.465 e. The number of likely N-dealkylation sites (tertiary alicyclic amines) is 1. The first kappa shape index (κ1) is 18.7. The Balaban J connectivity index is 0.00000242. The van der Waals surface area contributed by atoms with Gasteiger partial charge >= 0.3 is 5.97 Å². The van der Waals surface area contributed by atoms with Crippen LogP contribution in [-0.4, -0.2) is 30.1 Å². The number of ether oxygens (including phenoxy) is 1. The molecular weight excluding hydrogens is 298 g/mol. The number of hydrogen-bond acceptors (Lipinski definition) is 3. The lowest BCUT2D eigenvalue weighted by Crippen LogP contribution is -2.42. The third-order valence-corrected chi connectivity index (χ3v) is 4.34. The molecule has 0 amide bonds. The lowest BCUT2D eigenvalue weighted by Gasteiger charge is -2.31. The summed E-state index contributed by atoms with van der Waals surface area (Å²) in [4.78, 5) is 14.7. The molecule has 0 saturated carbocycles. The van der Waals surface area contributed by atoms with Crippen LogP contribution in [0.2, 0.25) is 0 Å². The van der Waals surface area contributed by atoms with Gasteiger partial charge in [-0.2, -0.15) is 0 Å². The van der Waals surface area contributed by atoms with Crippen LogP contribution in [0.1, 0.15) is 38.3 Å². The third-order valence-electron chi connectivity index (χ3n) is 4.34. The first-order valence-electron chi connectivity index (χ1n) is 7.77. The van der Waals surface area contributed by atoms with Crippen LogP contribution in [0, 0.1) is 5.92 Å². The zero-order chi connectivity index (χ0) is 15.2. The molecule has 3 unspecified atom stereocenters. The maximum Gasteiger partial charge on any atom is 0.323 e. The molecule has 1 aliphatic rings. The maximum absolute atomic E-state index is 12.4. The molecule has 2 rings (SSSR count). The Morgan fingerprint density at radius 1 is 1.45 bits per heavy atom. The van der Waals surface area contributed by atoms with Crippen LogP contribution >= 0.6 is 12.4 Å². The highest BCUT2D eigenvalue weighted by atomic mass is 35.5. The van der Waals surface area contributed by atoms with Gasteiger partial charge in [-0.3, -0.25) is 9.69 Å². The van der Waals surface area contributed by atoms with Crippen molar-refractivity contribution >= 4 is 18.4 Å². The predicted molar refractivity (Wildman–Crippen MR) is 92.2 cm³/mol. The van der Waals surface area contributed by atoms with E-state index in [-0.39, 0.29) is 30.5 Å².